The molecule has 1 fully saturated rings. The van der Waals surface area contributed by atoms with Crippen molar-refractivity contribution < 1.29 is 18.8 Å². The molecule has 1 aliphatic heterocycles. The third-order valence-corrected chi connectivity index (χ3v) is 7.68. The standard InChI is InChI=1S/C26H21FN4O3S/c1-14-10-16(15(2)30(14)25-21(13-28)19-8-3-4-9-22(19)35-25)11-20-23(32)29-26(34)31(24(20)33)18-7-5-6-17(27)12-18/h5-7,10-12H,3-4,8-9H2,1-2H3,(H,29,32,34)/b20-11+. The molecule has 2 aliphatic rings. The third kappa shape index (κ3) is 3.76. The van der Waals surface area contributed by atoms with Crippen LogP contribution >= 0.6 is 11.3 Å². The number of nitrogens with zero attached hydrogens (tertiary/aromatic N) is 3. The number of carbonyl (C=O) groups is 3. The maximum Gasteiger partial charge on any atom is 0.335 e. The van der Waals surface area contributed by atoms with Gasteiger partial charge in [0.05, 0.1) is 11.3 Å². The number of hydrogen-bond acceptors (Lipinski definition) is 5. The van der Waals surface area contributed by atoms with Crippen LogP contribution in [0.2, 0.25) is 0 Å². The zero-order chi connectivity index (χ0) is 24.9. The van der Waals surface area contributed by atoms with E-state index in [1.807, 2.05) is 24.5 Å². The first kappa shape index (κ1) is 22.7. The normalized spacial score (nSPS) is 16.9. The molecular formula is C26H21FN4O3S. The van der Waals surface area contributed by atoms with Crippen molar-refractivity contribution in [2.24, 2.45) is 0 Å². The first-order valence-corrected chi connectivity index (χ1v) is 12.0. The van der Waals surface area contributed by atoms with Crippen LogP contribution in [0.25, 0.3) is 11.1 Å². The largest absolute Gasteiger partial charge is 0.335 e. The monoisotopic (exact) mass is 488 g/mol. The minimum absolute atomic E-state index is 0.0270. The number of rotatable bonds is 3. The minimum Gasteiger partial charge on any atom is -0.308 e. The van der Waals surface area contributed by atoms with Crippen molar-refractivity contribution in [3.63, 3.8) is 0 Å². The molecule has 9 heteroatoms. The number of anilines is 1. The summed E-state index contributed by atoms with van der Waals surface area (Å²) in [5.41, 5.74) is 3.83. The molecule has 2 aromatic heterocycles. The summed E-state index contributed by atoms with van der Waals surface area (Å²) in [6.45, 7) is 3.76. The van der Waals surface area contributed by atoms with E-state index in [1.54, 1.807) is 11.3 Å². The van der Waals surface area contributed by atoms with E-state index in [4.69, 9.17) is 0 Å². The maximum atomic E-state index is 13.7. The van der Waals surface area contributed by atoms with Crippen LogP contribution in [0.4, 0.5) is 14.9 Å². The number of urea groups is 1. The second-order valence-electron chi connectivity index (χ2n) is 8.60. The molecule has 35 heavy (non-hydrogen) atoms. The van der Waals surface area contributed by atoms with Gasteiger partial charge in [-0.3, -0.25) is 14.9 Å². The lowest BCUT2D eigenvalue weighted by atomic mass is 9.96. The van der Waals surface area contributed by atoms with Gasteiger partial charge in [0.2, 0.25) is 0 Å². The Hall–Kier alpha value is -4.03. The van der Waals surface area contributed by atoms with Crippen LogP contribution in [0, 0.1) is 31.0 Å². The lowest BCUT2D eigenvalue weighted by Gasteiger charge is -2.26. The second-order valence-corrected chi connectivity index (χ2v) is 9.69. The highest BCUT2D eigenvalue weighted by molar-refractivity contribution is 7.15. The van der Waals surface area contributed by atoms with E-state index in [9.17, 15) is 24.0 Å². The summed E-state index contributed by atoms with van der Waals surface area (Å²) in [6.07, 6.45) is 5.47. The van der Waals surface area contributed by atoms with Gasteiger partial charge in [-0.05, 0) is 81.0 Å². The molecule has 5 rings (SSSR count). The molecule has 4 amide bonds. The Kier molecular flexibility index (Phi) is 5.61. The van der Waals surface area contributed by atoms with Crippen molar-refractivity contribution in [1.29, 1.82) is 5.26 Å². The molecule has 0 saturated carbocycles. The van der Waals surface area contributed by atoms with Gasteiger partial charge in [-0.1, -0.05) is 6.07 Å². The number of benzene rings is 1. The summed E-state index contributed by atoms with van der Waals surface area (Å²) < 4.78 is 15.7. The Morgan fingerprint density at radius 3 is 2.66 bits per heavy atom. The fourth-order valence-electron chi connectivity index (χ4n) is 4.73. The van der Waals surface area contributed by atoms with Crippen molar-refractivity contribution >= 4 is 40.9 Å². The van der Waals surface area contributed by atoms with Crippen LogP contribution in [-0.4, -0.2) is 22.4 Å². The van der Waals surface area contributed by atoms with Crippen LogP contribution in [0.3, 0.4) is 0 Å². The molecule has 0 unspecified atom stereocenters. The number of carbonyl (C=O) groups excluding carboxylic acids is 3. The van der Waals surface area contributed by atoms with Gasteiger partial charge in [-0.25, -0.2) is 14.1 Å². The van der Waals surface area contributed by atoms with Gasteiger partial charge in [0.1, 0.15) is 22.5 Å². The van der Waals surface area contributed by atoms with Crippen molar-refractivity contribution in [3.05, 3.63) is 74.7 Å². The van der Waals surface area contributed by atoms with Gasteiger partial charge in [0.25, 0.3) is 11.8 Å². The summed E-state index contributed by atoms with van der Waals surface area (Å²) in [7, 11) is 0. The number of thiophene rings is 1. The van der Waals surface area contributed by atoms with Crippen LogP contribution in [0.5, 0.6) is 0 Å². The number of amides is 4. The molecule has 0 spiro atoms. The van der Waals surface area contributed by atoms with Gasteiger partial charge < -0.3 is 4.57 Å². The van der Waals surface area contributed by atoms with E-state index in [-0.39, 0.29) is 11.3 Å². The Morgan fingerprint density at radius 2 is 1.91 bits per heavy atom. The Bertz CT molecular complexity index is 1490. The number of aromatic nitrogens is 1. The summed E-state index contributed by atoms with van der Waals surface area (Å²) in [6, 6.07) is 8.33. The Labute approximate surface area is 205 Å². The zero-order valence-corrected chi connectivity index (χ0v) is 20.0. The molecule has 1 aromatic carbocycles. The number of imide groups is 2. The molecule has 3 heterocycles. The zero-order valence-electron chi connectivity index (χ0n) is 19.1. The summed E-state index contributed by atoms with van der Waals surface area (Å²) in [5.74, 6) is -2.26. The van der Waals surface area contributed by atoms with Crippen molar-refractivity contribution in [2.75, 3.05) is 4.90 Å². The van der Waals surface area contributed by atoms with Crippen molar-refractivity contribution in [2.45, 2.75) is 39.5 Å². The molecule has 0 atom stereocenters. The molecule has 0 bridgehead atoms. The molecule has 1 N–H and O–H groups in total. The minimum atomic E-state index is -0.934. The fourth-order valence-corrected chi connectivity index (χ4v) is 6.18. The average molecular weight is 489 g/mol. The number of halogens is 1. The lowest BCUT2D eigenvalue weighted by molar-refractivity contribution is -0.122. The van der Waals surface area contributed by atoms with Gasteiger partial charge >= 0.3 is 6.03 Å². The van der Waals surface area contributed by atoms with Gasteiger partial charge in [-0.15, -0.1) is 11.3 Å². The Balaban J connectivity index is 1.58. The van der Waals surface area contributed by atoms with Crippen LogP contribution in [-0.2, 0) is 22.4 Å². The number of aryl methyl sites for hydroxylation is 2. The highest BCUT2D eigenvalue weighted by atomic mass is 32.1. The van der Waals surface area contributed by atoms with Gasteiger partial charge in [0, 0.05) is 16.3 Å². The van der Waals surface area contributed by atoms with Gasteiger partial charge in [-0.2, -0.15) is 5.26 Å². The topological polar surface area (TPSA) is 95.2 Å². The van der Waals surface area contributed by atoms with Gasteiger partial charge in [0.15, 0.2) is 0 Å². The number of fused-ring (bicyclic) bond motifs is 1. The fraction of sp³-hybridized carbons (Fsp3) is 0.231. The van der Waals surface area contributed by atoms with E-state index in [0.29, 0.717) is 11.1 Å². The molecule has 7 nitrogen and oxygen atoms in total. The first-order valence-electron chi connectivity index (χ1n) is 11.2. The van der Waals surface area contributed by atoms with Crippen LogP contribution in [0.15, 0.2) is 35.9 Å². The molecular weight excluding hydrogens is 467 g/mol. The highest BCUT2D eigenvalue weighted by Crippen LogP contribution is 2.38. The maximum absolute atomic E-state index is 13.7. The predicted molar refractivity (Wildman–Crippen MR) is 130 cm³/mol. The molecule has 1 saturated heterocycles. The third-order valence-electron chi connectivity index (χ3n) is 6.41. The summed E-state index contributed by atoms with van der Waals surface area (Å²) in [4.78, 5) is 40.1. The summed E-state index contributed by atoms with van der Waals surface area (Å²) >= 11 is 1.61. The summed E-state index contributed by atoms with van der Waals surface area (Å²) in [5, 5.41) is 12.9. The van der Waals surface area contributed by atoms with E-state index in [2.05, 4.69) is 11.4 Å². The SMILES string of the molecule is Cc1cc(/C=C2\C(=O)NC(=O)N(c3cccc(F)c3)C2=O)c(C)n1-c1sc2c(c1C#N)CCCC2. The highest BCUT2D eigenvalue weighted by Gasteiger charge is 2.37. The number of hydrogen-bond donors (Lipinski definition) is 1. The van der Waals surface area contributed by atoms with E-state index in [1.165, 1.54) is 29.2 Å². The average Bonchev–Trinajstić information content (AvgIpc) is 3.32. The van der Waals surface area contributed by atoms with Crippen molar-refractivity contribution in [1.82, 2.24) is 9.88 Å². The molecule has 176 valence electrons. The Morgan fingerprint density at radius 1 is 1.14 bits per heavy atom. The number of barbiturate groups is 1. The quantitative estimate of drug-likeness (QED) is 0.427. The second kappa shape index (κ2) is 8.64. The smallest absolute Gasteiger partial charge is 0.308 e. The molecule has 3 aromatic rings. The number of nitriles is 1. The first-order chi connectivity index (χ1) is 16.8. The molecule has 0 radical (unpaired) electrons. The van der Waals surface area contributed by atoms with E-state index < -0.39 is 23.7 Å². The van der Waals surface area contributed by atoms with Crippen LogP contribution < -0.4 is 10.2 Å². The molecule has 1 aliphatic carbocycles. The van der Waals surface area contributed by atoms with Crippen molar-refractivity contribution in [3.8, 4) is 11.1 Å². The van der Waals surface area contributed by atoms with Crippen LogP contribution in [0.1, 0.15) is 45.8 Å². The van der Waals surface area contributed by atoms with E-state index in [0.717, 1.165) is 58.6 Å². The number of nitrogens with one attached hydrogen (secondary N) is 1. The lowest BCUT2D eigenvalue weighted by Crippen LogP contribution is -2.54. The van der Waals surface area contributed by atoms with E-state index >= 15 is 0 Å². The predicted octanol–water partition coefficient (Wildman–Crippen LogP) is 4.71.